The number of aliphatic hydroxyl groups is 4. The molecule has 0 spiro atoms. The van der Waals surface area contributed by atoms with Gasteiger partial charge in [0.15, 0.2) is 17.7 Å². The summed E-state index contributed by atoms with van der Waals surface area (Å²) in [4.78, 5) is 31.4. The van der Waals surface area contributed by atoms with Crippen molar-refractivity contribution in [3.05, 3.63) is 12.7 Å². The van der Waals surface area contributed by atoms with Crippen LogP contribution in [0.25, 0.3) is 11.2 Å². The van der Waals surface area contributed by atoms with Crippen LogP contribution in [0, 0.1) is 0 Å². The van der Waals surface area contributed by atoms with Crippen LogP contribution in [0.5, 0.6) is 0 Å². The molecular weight excluding hydrogens is 532 g/mol. The largest absolute Gasteiger partial charge is 0.481 e. The highest BCUT2D eigenvalue weighted by atomic mass is 31.3. The van der Waals surface area contributed by atoms with Crippen LogP contribution >= 0.6 is 15.6 Å². The Morgan fingerprint density at radius 2 is 1.53 bits per heavy atom. The molecule has 36 heavy (non-hydrogen) atoms. The number of phosphoric acid groups is 2. The Morgan fingerprint density at radius 1 is 0.944 bits per heavy atom. The summed E-state index contributed by atoms with van der Waals surface area (Å²) in [6.45, 7) is -0.139. The molecule has 2 saturated heterocycles. The van der Waals surface area contributed by atoms with Gasteiger partial charge < -0.3 is 45.4 Å². The SMILES string of the molecule is C[C@H]1O[C@@H](COP(=O)(O)OP(=O)(O)OC[C@@H]2O[C@H](n3cnc4c(N)ncnc43)[C@@H](O)[C@H]2O)[C@H](O)[C@@H]1O. The molecule has 10 atom stereocenters. The van der Waals surface area contributed by atoms with Crippen LogP contribution in [0.15, 0.2) is 12.7 Å². The molecule has 4 rings (SSSR count). The number of nitrogens with zero attached hydrogens (tertiary/aromatic N) is 4. The van der Waals surface area contributed by atoms with Crippen molar-refractivity contribution in [1.82, 2.24) is 19.5 Å². The van der Waals surface area contributed by atoms with Crippen LogP contribution in [-0.4, -0.2) is 106 Å². The third kappa shape index (κ3) is 5.61. The molecule has 2 fully saturated rings. The molecule has 0 radical (unpaired) electrons. The van der Waals surface area contributed by atoms with Crippen LogP contribution in [0.3, 0.4) is 0 Å². The number of aliphatic hydroxyl groups excluding tert-OH is 4. The fourth-order valence-electron chi connectivity index (χ4n) is 3.74. The molecule has 2 aliphatic heterocycles. The lowest BCUT2D eigenvalue weighted by Gasteiger charge is -2.20. The maximum Gasteiger partial charge on any atom is 0.481 e. The second-order valence-corrected chi connectivity index (χ2v) is 11.1. The third-order valence-electron chi connectivity index (χ3n) is 5.61. The summed E-state index contributed by atoms with van der Waals surface area (Å²) in [5.74, 6) is 0.0698. The molecule has 8 N–H and O–H groups in total. The topological polar surface area (TPSA) is 271 Å². The van der Waals surface area contributed by atoms with Crippen LogP contribution in [0.1, 0.15) is 13.2 Å². The van der Waals surface area contributed by atoms with E-state index in [1.54, 1.807) is 0 Å². The molecule has 18 nitrogen and oxygen atoms in total. The maximum atomic E-state index is 12.2. The van der Waals surface area contributed by atoms with E-state index >= 15 is 0 Å². The molecular formula is C16H25N5O13P2. The van der Waals surface area contributed by atoms with E-state index in [9.17, 15) is 39.3 Å². The fraction of sp³-hybridized carbons (Fsp3) is 0.688. The lowest BCUT2D eigenvalue weighted by molar-refractivity contribution is -0.0507. The van der Waals surface area contributed by atoms with Crippen molar-refractivity contribution in [1.29, 1.82) is 0 Å². The van der Waals surface area contributed by atoms with Gasteiger partial charge in [0.1, 0.15) is 48.5 Å². The number of phosphoric ester groups is 2. The maximum absolute atomic E-state index is 12.2. The molecule has 0 saturated carbocycles. The highest BCUT2D eigenvalue weighted by Crippen LogP contribution is 2.60. The normalized spacial score (nSPS) is 36.2. The zero-order chi connectivity index (χ0) is 26.4. The quantitative estimate of drug-likeness (QED) is 0.161. The number of aromatic nitrogens is 4. The average molecular weight is 557 g/mol. The number of hydrogen-bond acceptors (Lipinski definition) is 15. The minimum atomic E-state index is -5.26. The predicted molar refractivity (Wildman–Crippen MR) is 115 cm³/mol. The van der Waals surface area contributed by atoms with E-state index in [0.29, 0.717) is 0 Å². The molecule has 0 aliphatic carbocycles. The van der Waals surface area contributed by atoms with E-state index in [1.165, 1.54) is 17.8 Å². The Bertz CT molecular complexity index is 1180. The van der Waals surface area contributed by atoms with Crippen LogP contribution in [-0.2, 0) is 32.0 Å². The number of nitrogens with two attached hydrogens (primary N) is 1. The first-order valence-corrected chi connectivity index (χ1v) is 13.4. The number of anilines is 1. The van der Waals surface area contributed by atoms with Crippen LogP contribution in [0.2, 0.25) is 0 Å². The number of rotatable bonds is 9. The van der Waals surface area contributed by atoms with E-state index in [-0.39, 0.29) is 17.0 Å². The number of nitrogen functional groups attached to an aromatic ring is 1. The number of fused-ring (bicyclic) bond motifs is 1. The lowest BCUT2D eigenvalue weighted by atomic mass is 10.1. The molecule has 0 amide bonds. The zero-order valence-corrected chi connectivity index (χ0v) is 20.3. The molecule has 0 aromatic carbocycles. The summed E-state index contributed by atoms with van der Waals surface area (Å²) in [6.07, 6.45) is -8.04. The van der Waals surface area contributed by atoms with E-state index in [4.69, 9.17) is 15.2 Å². The Morgan fingerprint density at radius 3 is 2.11 bits per heavy atom. The van der Waals surface area contributed by atoms with E-state index in [0.717, 1.165) is 6.33 Å². The molecule has 2 aliphatic rings. The second kappa shape index (κ2) is 10.3. The smallest absolute Gasteiger partial charge is 0.388 e. The lowest BCUT2D eigenvalue weighted by Crippen LogP contribution is -2.34. The van der Waals surface area contributed by atoms with E-state index < -0.39 is 77.8 Å². The van der Waals surface area contributed by atoms with Crippen molar-refractivity contribution in [2.75, 3.05) is 18.9 Å². The molecule has 0 bridgehead atoms. The summed E-state index contributed by atoms with van der Waals surface area (Å²) in [7, 11) is -10.5. The Hall–Kier alpha value is -1.63. The third-order valence-corrected chi connectivity index (χ3v) is 8.21. The van der Waals surface area contributed by atoms with Gasteiger partial charge in [-0.25, -0.2) is 24.1 Å². The molecule has 2 aromatic rings. The Kier molecular flexibility index (Phi) is 7.81. The van der Waals surface area contributed by atoms with Crippen LogP contribution in [0.4, 0.5) is 5.82 Å². The average Bonchev–Trinajstić information content (AvgIpc) is 3.42. The van der Waals surface area contributed by atoms with Gasteiger partial charge in [0.05, 0.1) is 25.6 Å². The van der Waals surface area contributed by atoms with Gasteiger partial charge in [0.2, 0.25) is 0 Å². The van der Waals surface area contributed by atoms with E-state index in [1.807, 2.05) is 0 Å². The van der Waals surface area contributed by atoms with Crippen molar-refractivity contribution in [3.63, 3.8) is 0 Å². The van der Waals surface area contributed by atoms with Gasteiger partial charge in [-0.05, 0) is 6.92 Å². The molecule has 4 heterocycles. The molecule has 202 valence electrons. The van der Waals surface area contributed by atoms with Gasteiger partial charge in [0.25, 0.3) is 0 Å². The van der Waals surface area contributed by atoms with Crippen molar-refractivity contribution in [2.24, 2.45) is 0 Å². The summed E-state index contributed by atoms with van der Waals surface area (Å²) >= 11 is 0. The van der Waals surface area contributed by atoms with Gasteiger partial charge in [-0.1, -0.05) is 0 Å². The van der Waals surface area contributed by atoms with Gasteiger partial charge in [0, 0.05) is 0 Å². The molecule has 20 heteroatoms. The fourth-order valence-corrected chi connectivity index (χ4v) is 5.83. The second-order valence-electron chi connectivity index (χ2n) is 8.10. The number of ether oxygens (including phenoxy) is 2. The minimum Gasteiger partial charge on any atom is -0.388 e. The summed E-state index contributed by atoms with van der Waals surface area (Å²) in [5, 5.41) is 40.2. The molecule has 2 unspecified atom stereocenters. The Labute approximate surface area is 202 Å². The summed E-state index contributed by atoms with van der Waals surface area (Å²) < 4.78 is 49.6. The van der Waals surface area contributed by atoms with Crippen LogP contribution < -0.4 is 5.73 Å². The van der Waals surface area contributed by atoms with Crippen molar-refractivity contribution >= 4 is 32.6 Å². The first-order valence-electron chi connectivity index (χ1n) is 10.4. The minimum absolute atomic E-state index is 0.0698. The van der Waals surface area contributed by atoms with E-state index in [2.05, 4.69) is 28.3 Å². The van der Waals surface area contributed by atoms with Gasteiger partial charge in [-0.15, -0.1) is 0 Å². The monoisotopic (exact) mass is 557 g/mol. The first-order chi connectivity index (χ1) is 16.8. The highest BCUT2D eigenvalue weighted by Gasteiger charge is 2.47. The first kappa shape index (κ1) is 27.4. The summed E-state index contributed by atoms with van der Waals surface area (Å²) in [6, 6.07) is 0. The Balaban J connectivity index is 1.34. The predicted octanol–water partition coefficient (Wildman–Crippen LogP) is -2.21. The molecule has 2 aromatic heterocycles. The number of hydrogen-bond donors (Lipinski definition) is 7. The van der Waals surface area contributed by atoms with Crippen molar-refractivity contribution < 1.29 is 62.2 Å². The van der Waals surface area contributed by atoms with Crippen molar-refractivity contribution in [3.8, 4) is 0 Å². The standard InChI is InChI=1S/C16H25N5O13P2/c1-6-10(22)11(23)7(32-6)2-30-35(26,27)34-36(28,29)31-3-8-12(24)13(25)16(33-8)21-5-20-9-14(17)18-4-19-15(9)21/h4-8,10-13,16,22-25H,2-3H2,1H3,(H,26,27)(H,28,29)(H2,17,18,19)/t6-,7+,8+,10-,11+,12+,13+,16+/m1/s1. The highest BCUT2D eigenvalue weighted by molar-refractivity contribution is 7.61. The van der Waals surface area contributed by atoms with Gasteiger partial charge in [-0.3, -0.25) is 13.6 Å². The number of imidazole rings is 1. The van der Waals surface area contributed by atoms with Gasteiger partial charge in [-0.2, -0.15) is 4.31 Å². The summed E-state index contributed by atoms with van der Waals surface area (Å²) in [5.41, 5.74) is 6.13. The zero-order valence-electron chi connectivity index (χ0n) is 18.5. The van der Waals surface area contributed by atoms with Crippen molar-refractivity contribution in [2.45, 2.75) is 55.9 Å². The van der Waals surface area contributed by atoms with Gasteiger partial charge >= 0.3 is 15.6 Å².